The van der Waals surface area contributed by atoms with Crippen LogP contribution in [-0.2, 0) is 9.53 Å². The Morgan fingerprint density at radius 2 is 1.66 bits per heavy atom. The average Bonchev–Trinajstić information content (AvgIpc) is 3.29. The Morgan fingerprint density at radius 1 is 0.938 bits per heavy atom. The highest BCUT2D eigenvalue weighted by Gasteiger charge is 2.30. The van der Waals surface area contributed by atoms with E-state index in [2.05, 4.69) is 22.6 Å². The quantitative estimate of drug-likeness (QED) is 0.666. The number of aromatic nitrogens is 1. The first-order valence-electron chi connectivity index (χ1n) is 11.3. The van der Waals surface area contributed by atoms with E-state index in [1.165, 1.54) is 5.56 Å². The second-order valence-corrected chi connectivity index (χ2v) is 8.59. The number of carbonyl (C=O) groups is 2. The molecular formula is C25H27N3O4. The molecule has 2 aliphatic rings. The fraction of sp³-hybridized carbons (Fsp3) is 0.400. The fourth-order valence-corrected chi connectivity index (χ4v) is 4.80. The summed E-state index contributed by atoms with van der Waals surface area (Å²) in [6.45, 7) is 2.73. The number of carbonyl (C=O) groups excluding carboxylic acids is 2. The van der Waals surface area contributed by atoms with Gasteiger partial charge in [0.1, 0.15) is 5.52 Å². The summed E-state index contributed by atoms with van der Waals surface area (Å²) >= 11 is 0. The lowest BCUT2D eigenvalue weighted by Crippen LogP contribution is -2.44. The number of fused-ring (bicyclic) bond motifs is 1. The maximum atomic E-state index is 12.7. The van der Waals surface area contributed by atoms with E-state index in [1.807, 2.05) is 41.3 Å². The number of nitrogens with one attached hydrogen (secondary N) is 1. The summed E-state index contributed by atoms with van der Waals surface area (Å²) in [6, 6.07) is 15.3. The molecule has 1 N–H and O–H groups in total. The number of anilines is 1. The van der Waals surface area contributed by atoms with Crippen molar-refractivity contribution in [3.8, 4) is 0 Å². The van der Waals surface area contributed by atoms with Crippen LogP contribution in [0.15, 0.2) is 53.1 Å². The second kappa shape index (κ2) is 9.12. The van der Waals surface area contributed by atoms with Gasteiger partial charge in [0.15, 0.2) is 0 Å². The molecule has 7 nitrogen and oxygen atoms in total. The van der Waals surface area contributed by atoms with Crippen LogP contribution in [0.2, 0.25) is 0 Å². The van der Waals surface area contributed by atoms with Crippen LogP contribution in [0.3, 0.4) is 0 Å². The van der Waals surface area contributed by atoms with Crippen LogP contribution in [0.25, 0.3) is 10.9 Å². The van der Waals surface area contributed by atoms with Crippen molar-refractivity contribution < 1.29 is 18.8 Å². The van der Waals surface area contributed by atoms with Crippen molar-refractivity contribution in [1.29, 1.82) is 0 Å². The Hall–Kier alpha value is -3.19. The highest BCUT2D eigenvalue weighted by molar-refractivity contribution is 6.10. The van der Waals surface area contributed by atoms with Gasteiger partial charge in [-0.05, 0) is 61.4 Å². The van der Waals surface area contributed by atoms with E-state index in [9.17, 15) is 9.59 Å². The van der Waals surface area contributed by atoms with Crippen LogP contribution in [0.1, 0.15) is 47.7 Å². The zero-order valence-corrected chi connectivity index (χ0v) is 18.0. The van der Waals surface area contributed by atoms with Crippen LogP contribution in [-0.4, -0.2) is 48.2 Å². The molecule has 32 heavy (non-hydrogen) atoms. The van der Waals surface area contributed by atoms with Crippen molar-refractivity contribution in [2.24, 2.45) is 5.92 Å². The maximum absolute atomic E-state index is 12.7. The van der Waals surface area contributed by atoms with Crippen LogP contribution >= 0.6 is 0 Å². The number of rotatable bonds is 4. The Balaban J connectivity index is 1.17. The minimum atomic E-state index is -0.311. The summed E-state index contributed by atoms with van der Waals surface area (Å²) in [6.07, 6.45) is 3.88. The minimum absolute atomic E-state index is 0.139. The second-order valence-electron chi connectivity index (χ2n) is 8.59. The van der Waals surface area contributed by atoms with Gasteiger partial charge in [0, 0.05) is 24.7 Å². The highest BCUT2D eigenvalue weighted by atomic mass is 16.5. The third kappa shape index (κ3) is 4.25. The topological polar surface area (TPSA) is 84.7 Å². The van der Waals surface area contributed by atoms with Gasteiger partial charge in [-0.1, -0.05) is 29.4 Å². The van der Waals surface area contributed by atoms with Crippen LogP contribution in [0.5, 0.6) is 0 Å². The van der Waals surface area contributed by atoms with Crippen molar-refractivity contribution in [3.63, 3.8) is 0 Å². The van der Waals surface area contributed by atoms with E-state index in [1.54, 1.807) is 0 Å². The molecule has 0 radical (unpaired) electrons. The highest BCUT2D eigenvalue weighted by Crippen LogP contribution is 2.37. The summed E-state index contributed by atoms with van der Waals surface area (Å²) < 4.78 is 10.6. The van der Waals surface area contributed by atoms with Crippen LogP contribution in [0.4, 0.5) is 5.69 Å². The van der Waals surface area contributed by atoms with E-state index in [-0.39, 0.29) is 17.6 Å². The standard InChI is InChI=1S/C25H27N3O4/c29-24(23-21-3-1-2-4-22(21)27-32-23)26-20-11-9-18(10-12-20)17-5-7-19(8-6-17)25(30)28-13-15-31-16-14-28/h1-4,9-12,17,19H,5-8,13-16H2,(H,26,29). The lowest BCUT2D eigenvalue weighted by Gasteiger charge is -2.34. The lowest BCUT2D eigenvalue weighted by molar-refractivity contribution is -0.140. The molecule has 166 valence electrons. The molecule has 3 aromatic rings. The van der Waals surface area contributed by atoms with Gasteiger partial charge in [-0.25, -0.2) is 0 Å². The predicted octanol–water partition coefficient (Wildman–Crippen LogP) is 4.21. The normalized spacial score (nSPS) is 21.4. The van der Waals surface area contributed by atoms with Gasteiger partial charge in [0.2, 0.25) is 11.7 Å². The maximum Gasteiger partial charge on any atom is 0.294 e. The van der Waals surface area contributed by atoms with E-state index < -0.39 is 0 Å². The number of hydrogen-bond donors (Lipinski definition) is 1. The molecule has 0 atom stereocenters. The first-order chi connectivity index (χ1) is 15.7. The molecule has 2 heterocycles. The largest absolute Gasteiger partial charge is 0.378 e. The molecule has 0 spiro atoms. The van der Waals surface area contributed by atoms with Gasteiger partial charge in [0.05, 0.1) is 18.6 Å². The molecule has 5 rings (SSSR count). The van der Waals surface area contributed by atoms with Gasteiger partial charge in [0.25, 0.3) is 5.91 Å². The van der Waals surface area contributed by atoms with E-state index in [4.69, 9.17) is 9.26 Å². The predicted molar refractivity (Wildman–Crippen MR) is 121 cm³/mol. The minimum Gasteiger partial charge on any atom is -0.378 e. The monoisotopic (exact) mass is 433 g/mol. The van der Waals surface area contributed by atoms with Crippen LogP contribution < -0.4 is 5.32 Å². The van der Waals surface area contributed by atoms with Crippen molar-refractivity contribution in [2.45, 2.75) is 31.6 Å². The molecule has 0 unspecified atom stereocenters. The molecule has 2 aromatic carbocycles. The number of benzene rings is 2. The van der Waals surface area contributed by atoms with Crippen molar-refractivity contribution in [2.75, 3.05) is 31.6 Å². The summed E-state index contributed by atoms with van der Waals surface area (Å²) in [7, 11) is 0. The van der Waals surface area contributed by atoms with Crippen molar-refractivity contribution in [3.05, 3.63) is 59.9 Å². The Kier molecular flexibility index (Phi) is 5.90. The molecule has 1 saturated carbocycles. The fourth-order valence-electron chi connectivity index (χ4n) is 4.80. The summed E-state index contributed by atoms with van der Waals surface area (Å²) in [5.41, 5.74) is 2.64. The molecule has 7 heteroatoms. The van der Waals surface area contributed by atoms with Gasteiger partial charge >= 0.3 is 0 Å². The van der Waals surface area contributed by atoms with Crippen molar-refractivity contribution in [1.82, 2.24) is 10.1 Å². The molecule has 0 bridgehead atoms. The molecule has 1 aliphatic heterocycles. The first-order valence-corrected chi connectivity index (χ1v) is 11.3. The van der Waals surface area contributed by atoms with Gasteiger partial charge in [-0.2, -0.15) is 0 Å². The molecule has 2 amide bonds. The van der Waals surface area contributed by atoms with E-state index in [0.29, 0.717) is 35.9 Å². The van der Waals surface area contributed by atoms with E-state index in [0.717, 1.165) is 44.5 Å². The summed E-state index contributed by atoms with van der Waals surface area (Å²) in [5, 5.41) is 7.53. The number of ether oxygens (including phenoxy) is 1. The third-order valence-electron chi connectivity index (χ3n) is 6.63. The molecule has 1 aromatic heterocycles. The molecule has 1 aliphatic carbocycles. The lowest BCUT2D eigenvalue weighted by atomic mass is 9.78. The number of morpholine rings is 1. The zero-order chi connectivity index (χ0) is 21.9. The van der Waals surface area contributed by atoms with E-state index >= 15 is 0 Å². The molecule has 2 fully saturated rings. The number of hydrogen-bond acceptors (Lipinski definition) is 5. The Morgan fingerprint density at radius 3 is 2.41 bits per heavy atom. The summed E-state index contributed by atoms with van der Waals surface area (Å²) in [5.74, 6) is 0.789. The van der Waals surface area contributed by atoms with Gasteiger partial charge < -0.3 is 19.5 Å². The Labute approximate surface area is 186 Å². The van der Waals surface area contributed by atoms with Gasteiger partial charge in [-0.3, -0.25) is 9.59 Å². The van der Waals surface area contributed by atoms with Crippen molar-refractivity contribution >= 4 is 28.4 Å². The van der Waals surface area contributed by atoms with Gasteiger partial charge in [-0.15, -0.1) is 0 Å². The third-order valence-corrected chi connectivity index (χ3v) is 6.63. The Bertz CT molecular complexity index is 1090. The smallest absolute Gasteiger partial charge is 0.294 e. The summed E-state index contributed by atoms with van der Waals surface area (Å²) in [4.78, 5) is 27.3. The SMILES string of the molecule is O=C(Nc1ccc(C2CCC(C(=O)N3CCOCC3)CC2)cc1)c1onc2ccccc12. The van der Waals surface area contributed by atoms with Crippen LogP contribution in [0, 0.1) is 5.92 Å². The average molecular weight is 434 g/mol. The number of nitrogens with zero attached hydrogens (tertiary/aromatic N) is 2. The zero-order valence-electron chi connectivity index (χ0n) is 18.0. The first kappa shape index (κ1) is 20.7. The molecular weight excluding hydrogens is 406 g/mol. The molecule has 1 saturated heterocycles. The number of amides is 2.